The van der Waals surface area contributed by atoms with E-state index in [9.17, 15) is 9.59 Å². The number of hydrogen-bond donors (Lipinski definition) is 1. The topological polar surface area (TPSA) is 77.8 Å². The van der Waals surface area contributed by atoms with Gasteiger partial charge >= 0.3 is 5.63 Å². The third-order valence-corrected chi connectivity index (χ3v) is 3.45. The lowest BCUT2D eigenvalue weighted by atomic mass is 10.2. The van der Waals surface area contributed by atoms with Gasteiger partial charge in [-0.1, -0.05) is 18.2 Å². The second-order valence-corrected chi connectivity index (χ2v) is 5.05. The van der Waals surface area contributed by atoms with Crippen LogP contribution in [0.25, 0.3) is 11.0 Å². The van der Waals surface area contributed by atoms with Crippen molar-refractivity contribution in [3.05, 3.63) is 46.3 Å². The molecule has 0 radical (unpaired) electrons. The molecule has 0 unspecified atom stereocenters. The van der Waals surface area contributed by atoms with Crippen LogP contribution in [0.4, 0.5) is 0 Å². The zero-order valence-electron chi connectivity index (χ0n) is 12.0. The van der Waals surface area contributed by atoms with Crippen LogP contribution in [0.15, 0.2) is 39.5 Å². The second kappa shape index (κ2) is 6.72. The molecule has 1 aliphatic heterocycles. The molecule has 1 fully saturated rings. The first kappa shape index (κ1) is 14.7. The Kier molecular flexibility index (Phi) is 4.50. The van der Waals surface area contributed by atoms with Crippen molar-refractivity contribution in [3.8, 4) is 0 Å². The molecule has 0 saturated carbocycles. The molecule has 116 valence electrons. The van der Waals surface area contributed by atoms with Crippen LogP contribution < -0.4 is 10.9 Å². The van der Waals surface area contributed by atoms with E-state index in [1.54, 1.807) is 24.3 Å². The molecule has 0 aliphatic carbocycles. The van der Waals surface area contributed by atoms with E-state index in [1.807, 2.05) is 6.07 Å². The van der Waals surface area contributed by atoms with Crippen molar-refractivity contribution in [3.63, 3.8) is 0 Å². The molecule has 1 aromatic carbocycles. The first-order chi connectivity index (χ1) is 10.7. The highest BCUT2D eigenvalue weighted by atomic mass is 16.7. The Balaban J connectivity index is 1.64. The van der Waals surface area contributed by atoms with Crippen LogP contribution in [0.3, 0.4) is 0 Å². The number of benzene rings is 1. The SMILES string of the molecule is O=C(NCCC1OCCCO1)c1cc2ccccc2oc1=O. The molecule has 1 aromatic heterocycles. The van der Waals surface area contributed by atoms with Crippen molar-refractivity contribution in [1.29, 1.82) is 0 Å². The van der Waals surface area contributed by atoms with Gasteiger partial charge in [0.1, 0.15) is 11.1 Å². The number of rotatable bonds is 4. The Morgan fingerprint density at radius 1 is 1.23 bits per heavy atom. The van der Waals surface area contributed by atoms with Crippen LogP contribution in [-0.4, -0.2) is 32.0 Å². The number of ether oxygens (including phenoxy) is 2. The molecule has 3 rings (SSSR count). The predicted octanol–water partition coefficient (Wildman–Crippen LogP) is 1.68. The van der Waals surface area contributed by atoms with Crippen molar-refractivity contribution in [2.75, 3.05) is 19.8 Å². The Bertz CT molecular complexity index is 718. The van der Waals surface area contributed by atoms with E-state index in [-0.39, 0.29) is 11.9 Å². The van der Waals surface area contributed by atoms with Gasteiger partial charge in [0.25, 0.3) is 5.91 Å². The Labute approximate surface area is 127 Å². The first-order valence-electron chi connectivity index (χ1n) is 7.28. The lowest BCUT2D eigenvalue weighted by molar-refractivity contribution is -0.180. The number of fused-ring (bicyclic) bond motifs is 1. The molecule has 1 aliphatic rings. The van der Waals surface area contributed by atoms with Crippen molar-refractivity contribution < 1.29 is 18.7 Å². The quantitative estimate of drug-likeness (QED) is 0.869. The highest BCUT2D eigenvalue weighted by molar-refractivity contribution is 5.96. The van der Waals surface area contributed by atoms with Crippen LogP contribution in [0.5, 0.6) is 0 Å². The van der Waals surface area contributed by atoms with Crippen molar-refractivity contribution in [2.24, 2.45) is 0 Å². The molecule has 6 nitrogen and oxygen atoms in total. The molecule has 0 atom stereocenters. The lowest BCUT2D eigenvalue weighted by Gasteiger charge is -2.23. The van der Waals surface area contributed by atoms with E-state index in [0.717, 1.165) is 6.42 Å². The summed E-state index contributed by atoms with van der Waals surface area (Å²) in [5, 5.41) is 3.41. The van der Waals surface area contributed by atoms with Gasteiger partial charge < -0.3 is 19.2 Å². The number of para-hydroxylation sites is 1. The van der Waals surface area contributed by atoms with Crippen LogP contribution in [0.1, 0.15) is 23.2 Å². The van der Waals surface area contributed by atoms with E-state index >= 15 is 0 Å². The zero-order chi connectivity index (χ0) is 15.4. The largest absolute Gasteiger partial charge is 0.422 e. The van der Waals surface area contributed by atoms with Crippen LogP contribution >= 0.6 is 0 Å². The lowest BCUT2D eigenvalue weighted by Crippen LogP contribution is -2.33. The summed E-state index contributed by atoms with van der Waals surface area (Å²) < 4.78 is 15.9. The minimum atomic E-state index is -0.638. The molecule has 22 heavy (non-hydrogen) atoms. The fraction of sp³-hybridized carbons (Fsp3) is 0.375. The minimum absolute atomic E-state index is 0.00387. The summed E-state index contributed by atoms with van der Waals surface area (Å²) in [6.45, 7) is 1.72. The Hall–Kier alpha value is -2.18. The summed E-state index contributed by atoms with van der Waals surface area (Å²) in [5.41, 5.74) is -0.168. The highest BCUT2D eigenvalue weighted by Gasteiger charge is 2.16. The van der Waals surface area contributed by atoms with Gasteiger partial charge in [-0.05, 0) is 18.6 Å². The van der Waals surface area contributed by atoms with Gasteiger partial charge in [-0.25, -0.2) is 4.79 Å². The maximum absolute atomic E-state index is 12.1. The number of carbonyl (C=O) groups excluding carboxylic acids is 1. The van der Waals surface area contributed by atoms with Crippen LogP contribution in [0.2, 0.25) is 0 Å². The summed E-state index contributed by atoms with van der Waals surface area (Å²) in [6, 6.07) is 8.62. The molecule has 0 bridgehead atoms. The van der Waals surface area contributed by atoms with Crippen molar-refractivity contribution in [1.82, 2.24) is 5.32 Å². The first-order valence-corrected chi connectivity index (χ1v) is 7.28. The van der Waals surface area contributed by atoms with Crippen molar-refractivity contribution in [2.45, 2.75) is 19.1 Å². The molecule has 2 aromatic rings. The van der Waals surface area contributed by atoms with Crippen LogP contribution in [0, 0.1) is 0 Å². The van der Waals surface area contributed by atoms with E-state index in [1.165, 1.54) is 0 Å². The molecule has 6 heteroatoms. The van der Waals surface area contributed by atoms with E-state index in [4.69, 9.17) is 13.9 Å². The smallest absolute Gasteiger partial charge is 0.349 e. The third-order valence-electron chi connectivity index (χ3n) is 3.45. The van der Waals surface area contributed by atoms with E-state index in [0.29, 0.717) is 37.1 Å². The van der Waals surface area contributed by atoms with Crippen molar-refractivity contribution >= 4 is 16.9 Å². The minimum Gasteiger partial charge on any atom is -0.422 e. The molecule has 1 amide bonds. The zero-order valence-corrected chi connectivity index (χ0v) is 12.0. The van der Waals surface area contributed by atoms with Gasteiger partial charge in [-0.3, -0.25) is 4.79 Å². The summed E-state index contributed by atoms with van der Waals surface area (Å²) in [4.78, 5) is 24.0. The highest BCUT2D eigenvalue weighted by Crippen LogP contribution is 2.12. The van der Waals surface area contributed by atoms with Gasteiger partial charge in [-0.15, -0.1) is 0 Å². The summed E-state index contributed by atoms with van der Waals surface area (Å²) in [6.07, 6.45) is 1.15. The fourth-order valence-electron chi connectivity index (χ4n) is 2.32. The summed E-state index contributed by atoms with van der Waals surface area (Å²) >= 11 is 0. The molecule has 0 spiro atoms. The van der Waals surface area contributed by atoms with Gasteiger partial charge in [0.15, 0.2) is 6.29 Å². The maximum atomic E-state index is 12.1. The monoisotopic (exact) mass is 303 g/mol. The number of nitrogens with one attached hydrogen (secondary N) is 1. The fourth-order valence-corrected chi connectivity index (χ4v) is 2.32. The predicted molar refractivity (Wildman–Crippen MR) is 79.7 cm³/mol. The van der Waals surface area contributed by atoms with E-state index < -0.39 is 11.5 Å². The standard InChI is InChI=1S/C16H17NO5/c18-15(17-7-6-14-20-8-3-9-21-14)12-10-11-4-1-2-5-13(11)22-16(12)19/h1-2,4-5,10,14H,3,6-9H2,(H,17,18). The molecular formula is C16H17NO5. The second-order valence-electron chi connectivity index (χ2n) is 5.05. The normalized spacial score (nSPS) is 15.8. The average Bonchev–Trinajstić information content (AvgIpc) is 2.55. The Morgan fingerprint density at radius 3 is 2.82 bits per heavy atom. The van der Waals surface area contributed by atoms with Crippen LogP contribution in [-0.2, 0) is 9.47 Å². The summed E-state index contributed by atoms with van der Waals surface area (Å²) in [5.74, 6) is -0.449. The molecular weight excluding hydrogens is 286 g/mol. The number of amides is 1. The van der Waals surface area contributed by atoms with Gasteiger partial charge in [0.05, 0.1) is 13.2 Å². The maximum Gasteiger partial charge on any atom is 0.349 e. The number of carbonyl (C=O) groups is 1. The number of hydrogen-bond acceptors (Lipinski definition) is 5. The summed E-state index contributed by atoms with van der Waals surface area (Å²) in [7, 11) is 0. The molecule has 1 N–H and O–H groups in total. The van der Waals surface area contributed by atoms with Gasteiger partial charge in [-0.2, -0.15) is 0 Å². The van der Waals surface area contributed by atoms with Gasteiger partial charge in [0.2, 0.25) is 0 Å². The Morgan fingerprint density at radius 2 is 2.00 bits per heavy atom. The van der Waals surface area contributed by atoms with Gasteiger partial charge in [0, 0.05) is 18.4 Å². The third kappa shape index (κ3) is 3.35. The molecule has 2 heterocycles. The average molecular weight is 303 g/mol. The van der Waals surface area contributed by atoms with E-state index in [2.05, 4.69) is 5.32 Å². The molecule has 1 saturated heterocycles.